The van der Waals surface area contributed by atoms with Crippen LogP contribution in [0.2, 0.25) is 5.02 Å². The Hall–Kier alpha value is -3.06. The number of carbonyl (C=O) groups is 2. The summed E-state index contributed by atoms with van der Waals surface area (Å²) in [4.78, 5) is 27.6. The Kier molecular flexibility index (Phi) is 5.38. The predicted molar refractivity (Wildman–Crippen MR) is 95.0 cm³/mol. The van der Waals surface area contributed by atoms with E-state index in [2.05, 4.69) is 10.3 Å². The summed E-state index contributed by atoms with van der Waals surface area (Å²) >= 11 is 5.94. The fourth-order valence-electron chi connectivity index (χ4n) is 2.46. The Bertz CT molecular complexity index is 927. The molecule has 2 heterocycles. The van der Waals surface area contributed by atoms with Crippen LogP contribution in [0.5, 0.6) is 0 Å². The maximum Gasteiger partial charge on any atom is 0.408 e. The molecule has 0 aliphatic carbocycles. The van der Waals surface area contributed by atoms with Gasteiger partial charge in [0.15, 0.2) is 0 Å². The van der Waals surface area contributed by atoms with Crippen LogP contribution in [0.1, 0.15) is 23.7 Å². The highest BCUT2D eigenvalue weighted by Crippen LogP contribution is 2.19. The molecule has 2 N–H and O–H groups in total. The van der Waals surface area contributed by atoms with Crippen LogP contribution >= 0.6 is 11.6 Å². The topological polar surface area (TPSA) is 92.9 Å². The van der Waals surface area contributed by atoms with E-state index in [-0.39, 0.29) is 13.0 Å². The first-order valence-corrected chi connectivity index (χ1v) is 8.22. The molecule has 0 aliphatic rings. The van der Waals surface area contributed by atoms with E-state index in [9.17, 15) is 9.59 Å². The van der Waals surface area contributed by atoms with E-state index in [1.807, 2.05) is 30.3 Å². The van der Waals surface area contributed by atoms with Crippen LogP contribution in [0.15, 0.2) is 54.9 Å². The summed E-state index contributed by atoms with van der Waals surface area (Å²) in [6.07, 6.45) is 2.25. The van der Waals surface area contributed by atoms with Crippen LogP contribution < -0.4 is 5.32 Å². The van der Waals surface area contributed by atoms with Crippen molar-refractivity contribution < 1.29 is 19.4 Å². The number of aromatic nitrogens is 2. The number of alkyl carbamates (subject to hydrolysis) is 1. The van der Waals surface area contributed by atoms with E-state index in [0.29, 0.717) is 16.4 Å². The van der Waals surface area contributed by atoms with Gasteiger partial charge < -0.3 is 19.6 Å². The third-order valence-electron chi connectivity index (χ3n) is 3.67. The fourth-order valence-corrected chi connectivity index (χ4v) is 2.63. The molecule has 0 aliphatic heterocycles. The lowest BCUT2D eigenvalue weighted by Gasteiger charge is -2.14. The van der Waals surface area contributed by atoms with Crippen molar-refractivity contribution in [3.63, 3.8) is 0 Å². The van der Waals surface area contributed by atoms with E-state index in [1.165, 1.54) is 0 Å². The van der Waals surface area contributed by atoms with Gasteiger partial charge in [0.05, 0.1) is 23.2 Å². The molecule has 2 aromatic heterocycles. The van der Waals surface area contributed by atoms with Gasteiger partial charge in [0.1, 0.15) is 12.3 Å². The third kappa shape index (κ3) is 4.52. The summed E-state index contributed by atoms with van der Waals surface area (Å²) in [6.45, 7) is 0.0905. The summed E-state index contributed by atoms with van der Waals surface area (Å²) in [5.74, 6) is -1.06. The van der Waals surface area contributed by atoms with Gasteiger partial charge in [-0.15, -0.1) is 0 Å². The van der Waals surface area contributed by atoms with Crippen LogP contribution in [-0.4, -0.2) is 26.6 Å². The van der Waals surface area contributed by atoms with Crippen molar-refractivity contribution in [1.29, 1.82) is 0 Å². The first kappa shape index (κ1) is 17.8. The fraction of sp³-hybridized carbons (Fsp3) is 0.167. The first-order valence-electron chi connectivity index (χ1n) is 7.84. The van der Waals surface area contributed by atoms with Crippen molar-refractivity contribution in [2.24, 2.45) is 0 Å². The number of hydrogen-bond acceptors (Lipinski definition) is 4. The second kappa shape index (κ2) is 7.88. The highest BCUT2D eigenvalue weighted by atomic mass is 35.5. The second-order valence-corrected chi connectivity index (χ2v) is 6.07. The van der Waals surface area contributed by atoms with Crippen molar-refractivity contribution in [2.75, 3.05) is 0 Å². The molecule has 1 aromatic carbocycles. The molecule has 0 spiro atoms. The van der Waals surface area contributed by atoms with Crippen molar-refractivity contribution in [3.8, 4) is 0 Å². The Balaban J connectivity index is 1.72. The largest absolute Gasteiger partial charge is 0.481 e. The summed E-state index contributed by atoms with van der Waals surface area (Å²) in [6, 6.07) is 11.8. The molecule has 7 nitrogen and oxygen atoms in total. The van der Waals surface area contributed by atoms with Gasteiger partial charge >= 0.3 is 12.1 Å². The maximum atomic E-state index is 12.1. The minimum absolute atomic E-state index is 0.0905. The van der Waals surface area contributed by atoms with Crippen LogP contribution in [0, 0.1) is 0 Å². The smallest absolute Gasteiger partial charge is 0.408 e. The number of fused-ring (bicyclic) bond motifs is 1. The number of carbonyl (C=O) groups excluding carboxylic acids is 1. The van der Waals surface area contributed by atoms with Crippen molar-refractivity contribution in [3.05, 3.63) is 71.1 Å². The molecule has 0 unspecified atom stereocenters. The number of aliphatic carboxylic acids is 1. The van der Waals surface area contributed by atoms with Crippen LogP contribution in [0.25, 0.3) is 5.65 Å². The molecule has 0 saturated carbocycles. The third-order valence-corrected chi connectivity index (χ3v) is 3.90. The number of nitrogens with one attached hydrogen (secondary N) is 1. The number of ether oxygens (including phenoxy) is 1. The minimum atomic E-state index is -1.06. The zero-order valence-corrected chi connectivity index (χ0v) is 14.4. The van der Waals surface area contributed by atoms with E-state index in [0.717, 1.165) is 5.56 Å². The van der Waals surface area contributed by atoms with E-state index in [1.54, 1.807) is 28.9 Å². The van der Waals surface area contributed by atoms with Gasteiger partial charge in [-0.2, -0.15) is 0 Å². The van der Waals surface area contributed by atoms with E-state index in [4.69, 9.17) is 21.4 Å². The summed E-state index contributed by atoms with van der Waals surface area (Å²) in [5.41, 5.74) is 1.84. The van der Waals surface area contributed by atoms with E-state index < -0.39 is 18.1 Å². The molecule has 1 amide bonds. The number of amides is 1. The van der Waals surface area contributed by atoms with Gasteiger partial charge in [0.25, 0.3) is 0 Å². The number of benzene rings is 1. The molecule has 1 atom stereocenters. The first-order chi connectivity index (χ1) is 12.5. The standard InChI is InChI=1S/C18H16ClN3O4/c19-13-6-7-16-20-15(10-22(16)9-13)14(8-17(23)24)21-18(25)26-11-12-4-2-1-3-5-12/h1-7,9-10,14H,8,11H2,(H,21,25)(H,23,24)/t14-/m1/s1. The van der Waals surface area contributed by atoms with Crippen LogP contribution in [0.3, 0.4) is 0 Å². The molecule has 8 heteroatoms. The minimum Gasteiger partial charge on any atom is -0.481 e. The number of nitrogens with zero attached hydrogens (tertiary/aromatic N) is 2. The number of halogens is 1. The van der Waals surface area contributed by atoms with Crippen LogP contribution in [0.4, 0.5) is 4.79 Å². The molecule has 0 radical (unpaired) electrons. The van der Waals surface area contributed by atoms with Crippen molar-refractivity contribution >= 4 is 29.3 Å². The molecule has 3 aromatic rings. The highest BCUT2D eigenvalue weighted by Gasteiger charge is 2.22. The van der Waals surface area contributed by atoms with Gasteiger partial charge in [0.2, 0.25) is 0 Å². The molecule has 3 rings (SSSR count). The summed E-state index contributed by atoms with van der Waals surface area (Å²) in [5, 5.41) is 12.2. The lowest BCUT2D eigenvalue weighted by Crippen LogP contribution is -2.30. The molecule has 26 heavy (non-hydrogen) atoms. The number of rotatable bonds is 6. The lowest BCUT2D eigenvalue weighted by atomic mass is 10.1. The Morgan fingerprint density at radius 2 is 1.96 bits per heavy atom. The number of pyridine rings is 1. The molecular formula is C18H16ClN3O4. The molecule has 0 fully saturated rings. The van der Waals surface area contributed by atoms with Crippen molar-refractivity contribution in [2.45, 2.75) is 19.1 Å². The molecule has 0 saturated heterocycles. The van der Waals surface area contributed by atoms with Gasteiger partial charge in [-0.1, -0.05) is 41.9 Å². The average molecular weight is 374 g/mol. The Labute approximate surface area is 154 Å². The highest BCUT2D eigenvalue weighted by molar-refractivity contribution is 6.30. The van der Waals surface area contributed by atoms with E-state index >= 15 is 0 Å². The Morgan fingerprint density at radius 3 is 2.69 bits per heavy atom. The zero-order valence-electron chi connectivity index (χ0n) is 13.6. The predicted octanol–water partition coefficient (Wildman–Crippen LogP) is 3.43. The average Bonchev–Trinajstić information content (AvgIpc) is 3.03. The molecule has 134 valence electrons. The monoisotopic (exact) mass is 373 g/mol. The molecular weight excluding hydrogens is 358 g/mol. The number of imidazole rings is 1. The van der Waals surface area contributed by atoms with Crippen molar-refractivity contribution in [1.82, 2.24) is 14.7 Å². The summed E-state index contributed by atoms with van der Waals surface area (Å²) < 4.78 is 6.83. The Morgan fingerprint density at radius 1 is 1.19 bits per heavy atom. The SMILES string of the molecule is O=C(O)C[C@@H](NC(=O)OCc1ccccc1)c1cn2cc(Cl)ccc2n1. The normalized spacial score (nSPS) is 11.9. The molecule has 0 bridgehead atoms. The van der Waals surface area contributed by atoms with Gasteiger partial charge in [-0.25, -0.2) is 9.78 Å². The van der Waals surface area contributed by atoms with Gasteiger partial charge in [0, 0.05) is 12.4 Å². The number of hydrogen-bond donors (Lipinski definition) is 2. The van der Waals surface area contributed by atoms with Gasteiger partial charge in [-0.05, 0) is 17.7 Å². The summed E-state index contributed by atoms with van der Waals surface area (Å²) in [7, 11) is 0. The number of carboxylic acids is 1. The quantitative estimate of drug-likeness (QED) is 0.690. The lowest BCUT2D eigenvalue weighted by molar-refractivity contribution is -0.137. The maximum absolute atomic E-state index is 12.1. The number of carboxylic acid groups (broad SMARTS) is 1. The second-order valence-electron chi connectivity index (χ2n) is 5.64. The van der Waals surface area contributed by atoms with Gasteiger partial charge in [-0.3, -0.25) is 4.79 Å². The zero-order chi connectivity index (χ0) is 18.5. The van der Waals surface area contributed by atoms with Crippen LogP contribution in [-0.2, 0) is 16.1 Å².